The van der Waals surface area contributed by atoms with Gasteiger partial charge in [0.05, 0.1) is 0 Å². The van der Waals surface area contributed by atoms with Crippen LogP contribution < -0.4 is 6.15 Å². The van der Waals surface area contributed by atoms with E-state index < -0.39 is 0 Å². The lowest BCUT2D eigenvalue weighted by atomic mass is 10.0. The van der Waals surface area contributed by atoms with E-state index in [0.29, 0.717) is 0 Å². The molecule has 0 amide bonds. The van der Waals surface area contributed by atoms with Gasteiger partial charge in [0.2, 0.25) is 0 Å². The Labute approximate surface area is 85.7 Å². The van der Waals surface area contributed by atoms with E-state index in [-0.39, 0.29) is 6.15 Å². The van der Waals surface area contributed by atoms with Gasteiger partial charge in [-0.05, 0) is 36.5 Å². The Hall–Kier alpha value is -0.530. The van der Waals surface area contributed by atoms with Gasteiger partial charge >= 0.3 is 0 Å². The summed E-state index contributed by atoms with van der Waals surface area (Å²) >= 11 is 5.77. The fourth-order valence-corrected chi connectivity index (χ4v) is 1.23. The average Bonchev–Trinajstić information content (AvgIpc) is 2.03. The summed E-state index contributed by atoms with van der Waals surface area (Å²) in [5.74, 6) is 0.778. The maximum absolute atomic E-state index is 5.77. The Morgan fingerprint density at radius 2 is 1.69 bits per heavy atom. The summed E-state index contributed by atoms with van der Waals surface area (Å²) in [6, 6.07) is 8.11. The van der Waals surface area contributed by atoms with Gasteiger partial charge in [-0.3, -0.25) is 0 Å². The van der Waals surface area contributed by atoms with E-state index in [2.05, 4.69) is 26.0 Å². The van der Waals surface area contributed by atoms with Crippen LogP contribution in [0, 0.1) is 5.92 Å². The smallest absolute Gasteiger partial charge is 0.0406 e. The lowest BCUT2D eigenvalue weighted by Crippen LogP contribution is -1.91. The zero-order valence-corrected chi connectivity index (χ0v) is 9.14. The molecule has 0 unspecified atom stereocenters. The van der Waals surface area contributed by atoms with Crippen LogP contribution in [0.1, 0.15) is 25.8 Å². The standard InChI is InChI=1S/C11H15Cl.H3N/c1-9(2)3-4-10-5-7-11(12)8-6-10;/h5-9H,3-4H2,1-2H3;1H3. The molecule has 0 spiro atoms. The quantitative estimate of drug-likeness (QED) is 0.782. The predicted octanol–water partition coefficient (Wildman–Crippen LogP) is 4.09. The summed E-state index contributed by atoms with van der Waals surface area (Å²) < 4.78 is 0. The van der Waals surface area contributed by atoms with Crippen LogP contribution in [0.25, 0.3) is 0 Å². The average molecular weight is 200 g/mol. The van der Waals surface area contributed by atoms with E-state index in [1.807, 2.05) is 12.1 Å². The van der Waals surface area contributed by atoms with Crippen molar-refractivity contribution in [2.45, 2.75) is 26.7 Å². The zero-order chi connectivity index (χ0) is 8.97. The van der Waals surface area contributed by atoms with Crippen LogP contribution in [0.3, 0.4) is 0 Å². The van der Waals surface area contributed by atoms with Crippen LogP contribution in [0.5, 0.6) is 0 Å². The SMILES string of the molecule is CC(C)CCc1ccc(Cl)cc1.N. The maximum Gasteiger partial charge on any atom is 0.0406 e. The van der Waals surface area contributed by atoms with Gasteiger partial charge in [-0.2, -0.15) is 0 Å². The largest absolute Gasteiger partial charge is 0.344 e. The van der Waals surface area contributed by atoms with E-state index in [0.717, 1.165) is 17.4 Å². The van der Waals surface area contributed by atoms with Crippen molar-refractivity contribution in [1.29, 1.82) is 0 Å². The van der Waals surface area contributed by atoms with Gasteiger partial charge in [-0.15, -0.1) is 0 Å². The highest BCUT2D eigenvalue weighted by molar-refractivity contribution is 6.30. The first kappa shape index (κ1) is 12.5. The van der Waals surface area contributed by atoms with Crippen molar-refractivity contribution >= 4 is 11.6 Å². The highest BCUT2D eigenvalue weighted by Crippen LogP contribution is 2.12. The molecule has 0 fully saturated rings. The monoisotopic (exact) mass is 199 g/mol. The minimum Gasteiger partial charge on any atom is -0.344 e. The molecule has 0 aliphatic rings. The number of hydrogen-bond acceptors (Lipinski definition) is 1. The van der Waals surface area contributed by atoms with Crippen molar-refractivity contribution in [1.82, 2.24) is 6.15 Å². The molecular weight excluding hydrogens is 182 g/mol. The van der Waals surface area contributed by atoms with E-state index in [9.17, 15) is 0 Å². The lowest BCUT2D eigenvalue weighted by molar-refractivity contribution is 0.587. The van der Waals surface area contributed by atoms with Crippen LogP contribution in [0.4, 0.5) is 0 Å². The van der Waals surface area contributed by atoms with Gasteiger partial charge in [0.25, 0.3) is 0 Å². The lowest BCUT2D eigenvalue weighted by Gasteiger charge is -2.03. The fourth-order valence-electron chi connectivity index (χ4n) is 1.11. The second kappa shape index (κ2) is 6.01. The van der Waals surface area contributed by atoms with Gasteiger partial charge in [-0.1, -0.05) is 37.6 Å². The maximum atomic E-state index is 5.77. The fraction of sp³-hybridized carbons (Fsp3) is 0.455. The van der Waals surface area contributed by atoms with Crippen LogP contribution in [-0.2, 0) is 6.42 Å². The molecule has 13 heavy (non-hydrogen) atoms. The molecule has 0 heterocycles. The number of aryl methyl sites for hydroxylation is 1. The van der Waals surface area contributed by atoms with E-state index in [1.165, 1.54) is 12.0 Å². The van der Waals surface area contributed by atoms with Crippen molar-refractivity contribution < 1.29 is 0 Å². The molecule has 1 aromatic rings. The molecule has 2 heteroatoms. The van der Waals surface area contributed by atoms with Crippen molar-refractivity contribution in [2.24, 2.45) is 5.92 Å². The zero-order valence-electron chi connectivity index (χ0n) is 8.39. The molecule has 0 aliphatic carbocycles. The summed E-state index contributed by atoms with van der Waals surface area (Å²) in [6.45, 7) is 4.49. The minimum absolute atomic E-state index is 0. The summed E-state index contributed by atoms with van der Waals surface area (Å²) in [5.41, 5.74) is 1.38. The third-order valence-electron chi connectivity index (χ3n) is 1.92. The summed E-state index contributed by atoms with van der Waals surface area (Å²) in [5, 5.41) is 0.822. The topological polar surface area (TPSA) is 35.0 Å². The number of halogens is 1. The Morgan fingerprint density at radius 1 is 1.15 bits per heavy atom. The third kappa shape index (κ3) is 4.91. The van der Waals surface area contributed by atoms with Gasteiger partial charge in [0, 0.05) is 5.02 Å². The molecule has 1 nitrogen and oxygen atoms in total. The van der Waals surface area contributed by atoms with Crippen LogP contribution >= 0.6 is 11.6 Å². The summed E-state index contributed by atoms with van der Waals surface area (Å²) in [6.07, 6.45) is 2.41. The Bertz CT molecular complexity index is 228. The molecule has 3 N–H and O–H groups in total. The van der Waals surface area contributed by atoms with Crippen LogP contribution in [0.15, 0.2) is 24.3 Å². The van der Waals surface area contributed by atoms with Crippen molar-refractivity contribution in [3.63, 3.8) is 0 Å². The number of hydrogen-bond donors (Lipinski definition) is 1. The van der Waals surface area contributed by atoms with Crippen molar-refractivity contribution in [3.8, 4) is 0 Å². The molecule has 74 valence electrons. The normalized spacial score (nSPS) is 9.85. The van der Waals surface area contributed by atoms with E-state index in [4.69, 9.17) is 11.6 Å². The van der Waals surface area contributed by atoms with Gasteiger partial charge in [0.15, 0.2) is 0 Å². The molecule has 0 saturated heterocycles. The second-order valence-corrected chi connectivity index (χ2v) is 4.00. The highest BCUT2D eigenvalue weighted by atomic mass is 35.5. The molecule has 0 radical (unpaired) electrons. The molecule has 0 atom stereocenters. The summed E-state index contributed by atoms with van der Waals surface area (Å²) in [4.78, 5) is 0. The Kier molecular flexibility index (Phi) is 5.76. The van der Waals surface area contributed by atoms with Gasteiger partial charge < -0.3 is 6.15 Å². The number of rotatable bonds is 3. The second-order valence-electron chi connectivity index (χ2n) is 3.56. The molecule has 1 rings (SSSR count). The van der Waals surface area contributed by atoms with E-state index >= 15 is 0 Å². The van der Waals surface area contributed by atoms with Gasteiger partial charge in [0.1, 0.15) is 0 Å². The predicted molar refractivity (Wildman–Crippen MR) is 59.6 cm³/mol. The molecule has 0 aromatic heterocycles. The van der Waals surface area contributed by atoms with Crippen LogP contribution in [-0.4, -0.2) is 0 Å². The Balaban J connectivity index is 0.00000144. The molecule has 0 bridgehead atoms. The van der Waals surface area contributed by atoms with E-state index in [1.54, 1.807) is 0 Å². The highest BCUT2D eigenvalue weighted by Gasteiger charge is 1.96. The third-order valence-corrected chi connectivity index (χ3v) is 2.18. The molecule has 0 saturated carbocycles. The Morgan fingerprint density at radius 3 is 2.15 bits per heavy atom. The number of benzene rings is 1. The molecular formula is C11H18ClN. The first-order valence-corrected chi connectivity index (χ1v) is 4.80. The van der Waals surface area contributed by atoms with Crippen molar-refractivity contribution in [3.05, 3.63) is 34.9 Å². The molecule has 0 aliphatic heterocycles. The molecule has 1 aromatic carbocycles. The first-order chi connectivity index (χ1) is 5.68. The van der Waals surface area contributed by atoms with Crippen LogP contribution in [0.2, 0.25) is 5.02 Å². The van der Waals surface area contributed by atoms with Crippen molar-refractivity contribution in [2.75, 3.05) is 0 Å². The summed E-state index contributed by atoms with van der Waals surface area (Å²) in [7, 11) is 0. The minimum atomic E-state index is 0. The first-order valence-electron chi connectivity index (χ1n) is 4.43. The van der Waals surface area contributed by atoms with Gasteiger partial charge in [-0.25, -0.2) is 0 Å².